The second kappa shape index (κ2) is 7.89. The molecule has 152 valence electrons. The summed E-state index contributed by atoms with van der Waals surface area (Å²) < 4.78 is 94.6. The first-order valence-corrected chi connectivity index (χ1v) is 8.76. The fourth-order valence-corrected chi connectivity index (χ4v) is 3.15. The van der Waals surface area contributed by atoms with E-state index >= 15 is 0 Å². The molecule has 0 saturated heterocycles. The molecule has 0 saturated carbocycles. The number of hydrogen-bond acceptors (Lipinski definition) is 0. The van der Waals surface area contributed by atoms with Crippen LogP contribution in [0.2, 0.25) is 0 Å². The number of aryl methyl sites for hydroxylation is 1. The summed E-state index contributed by atoms with van der Waals surface area (Å²) in [6.45, 7) is 1.95. The topological polar surface area (TPSA) is 0 Å². The molecular formula is C22H15F7. The second-order valence-corrected chi connectivity index (χ2v) is 6.57. The van der Waals surface area contributed by atoms with Gasteiger partial charge in [0, 0.05) is 11.1 Å². The highest BCUT2D eigenvalue weighted by molar-refractivity contribution is 5.72. The van der Waals surface area contributed by atoms with Gasteiger partial charge in [-0.05, 0) is 47.4 Å². The Hall–Kier alpha value is -2.83. The molecule has 3 rings (SSSR count). The molecule has 0 aliphatic rings. The van der Waals surface area contributed by atoms with Gasteiger partial charge in [-0.3, -0.25) is 0 Å². The molecule has 0 unspecified atom stereocenters. The molecule has 0 nitrogen and oxygen atoms in total. The van der Waals surface area contributed by atoms with Gasteiger partial charge in [-0.2, -0.15) is 13.2 Å². The van der Waals surface area contributed by atoms with Gasteiger partial charge in [0.15, 0.2) is 0 Å². The van der Waals surface area contributed by atoms with E-state index in [1.807, 2.05) is 6.92 Å². The van der Waals surface area contributed by atoms with Crippen LogP contribution in [0.4, 0.5) is 30.7 Å². The Morgan fingerprint density at radius 3 is 1.69 bits per heavy atom. The Morgan fingerprint density at radius 1 is 0.655 bits per heavy atom. The molecule has 0 aliphatic heterocycles. The molecule has 0 radical (unpaired) electrons. The highest BCUT2D eigenvalue weighted by Crippen LogP contribution is 2.37. The Kier molecular flexibility index (Phi) is 5.68. The van der Waals surface area contributed by atoms with Gasteiger partial charge in [0.1, 0.15) is 28.8 Å². The van der Waals surface area contributed by atoms with Gasteiger partial charge in [0.05, 0.1) is 0 Å². The average molecular weight is 412 g/mol. The molecule has 7 heteroatoms. The maximum absolute atomic E-state index is 14.6. The van der Waals surface area contributed by atoms with Crippen molar-refractivity contribution >= 4 is 0 Å². The van der Waals surface area contributed by atoms with Crippen LogP contribution in [0.25, 0.3) is 22.3 Å². The lowest BCUT2D eigenvalue weighted by atomic mass is 9.97. The summed E-state index contributed by atoms with van der Waals surface area (Å²) in [6.07, 6.45) is -3.69. The summed E-state index contributed by atoms with van der Waals surface area (Å²) >= 11 is 0. The van der Waals surface area contributed by atoms with Crippen molar-refractivity contribution in [2.45, 2.75) is 25.9 Å². The summed E-state index contributed by atoms with van der Waals surface area (Å²) in [7, 11) is 0. The van der Waals surface area contributed by atoms with Crippen LogP contribution in [0, 0.1) is 23.3 Å². The van der Waals surface area contributed by atoms with Crippen molar-refractivity contribution in [3.8, 4) is 22.3 Å². The number of hydrogen-bond donors (Lipinski definition) is 0. The van der Waals surface area contributed by atoms with Crippen LogP contribution < -0.4 is 0 Å². The second-order valence-electron chi connectivity index (χ2n) is 6.57. The maximum Gasteiger partial charge on any atom is 0.422 e. The third-order valence-electron chi connectivity index (χ3n) is 4.49. The highest BCUT2D eigenvalue weighted by Gasteiger charge is 2.38. The van der Waals surface area contributed by atoms with E-state index in [1.54, 1.807) is 6.07 Å². The van der Waals surface area contributed by atoms with E-state index < -0.39 is 40.6 Å². The fraction of sp³-hybridized carbons (Fsp3) is 0.182. The smallest absolute Gasteiger partial charge is 0.206 e. The molecule has 0 spiro atoms. The molecule has 0 aliphatic carbocycles. The number of benzene rings is 3. The van der Waals surface area contributed by atoms with Crippen LogP contribution >= 0.6 is 0 Å². The van der Waals surface area contributed by atoms with Gasteiger partial charge < -0.3 is 0 Å². The van der Waals surface area contributed by atoms with E-state index in [0.717, 1.165) is 24.1 Å². The van der Waals surface area contributed by atoms with Crippen LogP contribution in [-0.4, -0.2) is 0 Å². The van der Waals surface area contributed by atoms with E-state index in [0.29, 0.717) is 18.6 Å². The lowest BCUT2D eigenvalue weighted by Crippen LogP contribution is -2.11. The van der Waals surface area contributed by atoms with Crippen LogP contribution in [0.1, 0.15) is 24.5 Å². The molecule has 0 fully saturated rings. The molecule has 3 aromatic carbocycles. The summed E-state index contributed by atoms with van der Waals surface area (Å²) in [5.74, 6) is -5.17. The summed E-state index contributed by atoms with van der Waals surface area (Å²) in [5, 5.41) is 0. The Bertz CT molecular complexity index is 1030. The molecule has 3 aromatic rings. The zero-order valence-corrected chi connectivity index (χ0v) is 15.2. The van der Waals surface area contributed by atoms with E-state index in [2.05, 4.69) is 0 Å². The first-order valence-electron chi connectivity index (χ1n) is 8.76. The lowest BCUT2D eigenvalue weighted by Gasteiger charge is -2.12. The standard InChI is InChI=1S/C22H15F7/c1-2-3-12-4-6-15(17(23)8-12)13-5-7-16(18(24)9-13)14-10-19(25)21(20(26)11-14)22(27,28)29/h4-11H,2-3H2,1H3. The van der Waals surface area contributed by atoms with Crippen LogP contribution in [-0.2, 0) is 12.6 Å². The largest absolute Gasteiger partial charge is 0.422 e. The van der Waals surface area contributed by atoms with Crippen molar-refractivity contribution < 1.29 is 30.7 Å². The van der Waals surface area contributed by atoms with Crippen molar-refractivity contribution in [1.29, 1.82) is 0 Å². The van der Waals surface area contributed by atoms with Crippen molar-refractivity contribution in [1.82, 2.24) is 0 Å². The zero-order valence-electron chi connectivity index (χ0n) is 15.2. The third kappa shape index (κ3) is 4.28. The number of rotatable bonds is 4. The minimum absolute atomic E-state index is 0.139. The van der Waals surface area contributed by atoms with Gasteiger partial charge in [0.2, 0.25) is 0 Å². The predicted molar refractivity (Wildman–Crippen MR) is 96.1 cm³/mol. The van der Waals surface area contributed by atoms with E-state index in [4.69, 9.17) is 0 Å². The first kappa shape index (κ1) is 20.9. The highest BCUT2D eigenvalue weighted by atomic mass is 19.4. The van der Waals surface area contributed by atoms with Crippen molar-refractivity contribution in [3.63, 3.8) is 0 Å². The number of halogens is 7. The Balaban J connectivity index is 2.01. The summed E-state index contributed by atoms with van der Waals surface area (Å²) in [4.78, 5) is 0. The SMILES string of the molecule is CCCc1ccc(-c2ccc(-c3cc(F)c(C(F)(F)F)c(F)c3)c(F)c2)c(F)c1. The first-order chi connectivity index (χ1) is 13.6. The van der Waals surface area contributed by atoms with Gasteiger partial charge in [-0.25, -0.2) is 17.6 Å². The minimum atomic E-state index is -5.21. The maximum atomic E-state index is 14.6. The quantitative estimate of drug-likeness (QED) is 0.388. The van der Waals surface area contributed by atoms with Gasteiger partial charge in [-0.15, -0.1) is 0 Å². The van der Waals surface area contributed by atoms with Crippen LogP contribution in [0.5, 0.6) is 0 Å². The molecule has 0 amide bonds. The predicted octanol–water partition coefficient (Wildman–Crippen LogP) is 7.55. The molecule has 0 atom stereocenters. The van der Waals surface area contributed by atoms with E-state index in [1.165, 1.54) is 18.2 Å². The fourth-order valence-electron chi connectivity index (χ4n) is 3.15. The van der Waals surface area contributed by atoms with Crippen LogP contribution in [0.3, 0.4) is 0 Å². The average Bonchev–Trinajstić information content (AvgIpc) is 2.60. The number of alkyl halides is 3. The van der Waals surface area contributed by atoms with Gasteiger partial charge >= 0.3 is 6.18 Å². The Labute approximate surface area is 162 Å². The van der Waals surface area contributed by atoms with Gasteiger partial charge in [0.25, 0.3) is 0 Å². The lowest BCUT2D eigenvalue weighted by molar-refractivity contribution is -0.142. The molecule has 0 bridgehead atoms. The van der Waals surface area contributed by atoms with E-state index in [-0.39, 0.29) is 16.7 Å². The molecular weight excluding hydrogens is 397 g/mol. The van der Waals surface area contributed by atoms with Crippen LogP contribution in [0.15, 0.2) is 48.5 Å². The van der Waals surface area contributed by atoms with Gasteiger partial charge in [-0.1, -0.05) is 37.6 Å². The molecule has 0 N–H and O–H groups in total. The van der Waals surface area contributed by atoms with E-state index in [9.17, 15) is 30.7 Å². The minimum Gasteiger partial charge on any atom is -0.206 e. The summed E-state index contributed by atoms with van der Waals surface area (Å²) in [5.41, 5.74) is -1.60. The molecule has 0 aromatic heterocycles. The normalized spacial score (nSPS) is 11.7. The third-order valence-corrected chi connectivity index (χ3v) is 4.49. The Morgan fingerprint density at radius 2 is 1.17 bits per heavy atom. The summed E-state index contributed by atoms with van der Waals surface area (Å²) in [6, 6.07) is 8.87. The molecule has 29 heavy (non-hydrogen) atoms. The van der Waals surface area contributed by atoms with Crippen molar-refractivity contribution in [2.24, 2.45) is 0 Å². The monoisotopic (exact) mass is 412 g/mol. The van der Waals surface area contributed by atoms with Crippen molar-refractivity contribution in [3.05, 3.63) is 82.9 Å². The van der Waals surface area contributed by atoms with Crippen molar-refractivity contribution in [2.75, 3.05) is 0 Å². The molecule has 0 heterocycles. The zero-order chi connectivity index (χ0) is 21.3.